The molecule has 4 nitrogen and oxygen atoms in total. The van der Waals surface area contributed by atoms with Crippen LogP contribution < -0.4 is 10.6 Å². The Bertz CT molecular complexity index is 469. The summed E-state index contributed by atoms with van der Waals surface area (Å²) in [6.45, 7) is 9.95. The van der Waals surface area contributed by atoms with Gasteiger partial charge in [-0.2, -0.15) is 0 Å². The minimum Gasteiger partial charge on any atom is -0.385 e. The van der Waals surface area contributed by atoms with Crippen LogP contribution in [0.15, 0.2) is 18.2 Å². The zero-order valence-corrected chi connectivity index (χ0v) is 14.2. The molecule has 1 amide bonds. The minimum absolute atomic E-state index is 0.00444. The number of likely N-dealkylation sites (N-methyl/N-ethyl adjacent to an activating group) is 1. The van der Waals surface area contributed by atoms with Gasteiger partial charge in [-0.05, 0) is 46.0 Å². The van der Waals surface area contributed by atoms with Crippen molar-refractivity contribution in [1.82, 2.24) is 10.2 Å². The Kier molecular flexibility index (Phi) is 6.69. The fourth-order valence-electron chi connectivity index (χ4n) is 2.25. The van der Waals surface area contributed by atoms with Crippen molar-refractivity contribution in [3.05, 3.63) is 29.3 Å². The Labute approximate surface area is 128 Å². The highest BCUT2D eigenvalue weighted by molar-refractivity contribution is 6.00. The highest BCUT2D eigenvalue weighted by Crippen LogP contribution is 2.18. The van der Waals surface area contributed by atoms with Gasteiger partial charge in [0.1, 0.15) is 0 Å². The molecule has 1 atom stereocenters. The molecule has 1 aromatic carbocycles. The molecule has 21 heavy (non-hydrogen) atoms. The topological polar surface area (TPSA) is 44.4 Å². The Morgan fingerprint density at radius 3 is 2.48 bits per heavy atom. The van der Waals surface area contributed by atoms with E-state index < -0.39 is 0 Å². The molecule has 0 saturated carbocycles. The van der Waals surface area contributed by atoms with Crippen LogP contribution in [0.1, 0.15) is 36.7 Å². The summed E-state index contributed by atoms with van der Waals surface area (Å²) in [5.74, 6) is 0.388. The van der Waals surface area contributed by atoms with Crippen molar-refractivity contribution < 1.29 is 4.79 Å². The summed E-state index contributed by atoms with van der Waals surface area (Å²) in [5, 5.41) is 6.43. The second-order valence-corrected chi connectivity index (χ2v) is 6.17. The highest BCUT2D eigenvalue weighted by Gasteiger charge is 2.19. The zero-order valence-electron chi connectivity index (χ0n) is 14.2. The number of carbonyl (C=O) groups is 1. The van der Waals surface area contributed by atoms with Crippen molar-refractivity contribution in [1.29, 1.82) is 0 Å². The van der Waals surface area contributed by atoms with Gasteiger partial charge in [0.05, 0.1) is 5.56 Å². The predicted octanol–water partition coefficient (Wildman–Crippen LogP) is 2.74. The first-order valence-corrected chi connectivity index (χ1v) is 7.65. The van der Waals surface area contributed by atoms with Gasteiger partial charge in [0.15, 0.2) is 0 Å². The molecule has 0 aliphatic carbocycles. The van der Waals surface area contributed by atoms with Crippen molar-refractivity contribution >= 4 is 11.6 Å². The number of hydrogen-bond acceptors (Lipinski definition) is 3. The van der Waals surface area contributed by atoms with Crippen LogP contribution in [0.25, 0.3) is 0 Å². The van der Waals surface area contributed by atoms with E-state index in [1.807, 2.05) is 46.1 Å². The normalized spacial score (nSPS) is 12.6. The van der Waals surface area contributed by atoms with Crippen molar-refractivity contribution in [3.8, 4) is 0 Å². The lowest BCUT2D eigenvalue weighted by atomic mass is 10.0. The fraction of sp³-hybridized carbons (Fsp3) is 0.588. The number of nitrogens with one attached hydrogen (secondary N) is 2. The van der Waals surface area contributed by atoms with E-state index in [1.165, 1.54) is 0 Å². The Hall–Kier alpha value is -1.55. The van der Waals surface area contributed by atoms with Crippen molar-refractivity contribution in [2.75, 3.05) is 32.5 Å². The SMILES string of the molecule is CCNc1ccc(C)cc1C(=O)NC(CN(C)C)C(C)C. The molecule has 0 bridgehead atoms. The van der Waals surface area contributed by atoms with Crippen LogP contribution in [-0.2, 0) is 0 Å². The Morgan fingerprint density at radius 2 is 1.95 bits per heavy atom. The van der Waals surface area contributed by atoms with Crippen LogP contribution in [0.3, 0.4) is 0 Å². The summed E-state index contributed by atoms with van der Waals surface area (Å²) < 4.78 is 0. The average molecular weight is 291 g/mol. The molecular weight excluding hydrogens is 262 g/mol. The van der Waals surface area contributed by atoms with Crippen molar-refractivity contribution in [2.45, 2.75) is 33.7 Å². The molecule has 4 heteroatoms. The molecule has 0 aliphatic rings. The lowest BCUT2D eigenvalue weighted by Crippen LogP contribution is -2.45. The van der Waals surface area contributed by atoms with Gasteiger partial charge in [-0.25, -0.2) is 0 Å². The molecule has 1 unspecified atom stereocenters. The summed E-state index contributed by atoms with van der Waals surface area (Å²) in [5.41, 5.74) is 2.71. The molecule has 1 rings (SSSR count). The van der Waals surface area contributed by atoms with Crippen LogP contribution in [0, 0.1) is 12.8 Å². The van der Waals surface area contributed by atoms with E-state index in [0.717, 1.165) is 29.9 Å². The van der Waals surface area contributed by atoms with E-state index in [-0.39, 0.29) is 11.9 Å². The first-order valence-electron chi connectivity index (χ1n) is 7.65. The number of benzene rings is 1. The van der Waals surface area contributed by atoms with Gasteiger partial charge in [0, 0.05) is 24.8 Å². The third kappa shape index (κ3) is 5.38. The maximum absolute atomic E-state index is 12.6. The number of nitrogens with zero attached hydrogens (tertiary/aromatic N) is 1. The predicted molar refractivity (Wildman–Crippen MR) is 90.0 cm³/mol. The highest BCUT2D eigenvalue weighted by atomic mass is 16.1. The van der Waals surface area contributed by atoms with E-state index >= 15 is 0 Å². The van der Waals surface area contributed by atoms with Crippen LogP contribution in [0.5, 0.6) is 0 Å². The van der Waals surface area contributed by atoms with Crippen LogP contribution in [-0.4, -0.2) is 44.0 Å². The standard InChI is InChI=1S/C17H29N3O/c1-7-18-15-9-8-13(4)10-14(15)17(21)19-16(12(2)3)11-20(5)6/h8-10,12,16,18H,7,11H2,1-6H3,(H,19,21). The number of anilines is 1. The lowest BCUT2D eigenvalue weighted by Gasteiger charge is -2.26. The summed E-state index contributed by atoms with van der Waals surface area (Å²) in [6.07, 6.45) is 0. The molecule has 0 aromatic heterocycles. The molecule has 2 N–H and O–H groups in total. The molecule has 0 radical (unpaired) electrons. The first-order chi connectivity index (χ1) is 9.85. The molecule has 0 aliphatic heterocycles. The molecule has 0 fully saturated rings. The average Bonchev–Trinajstić information content (AvgIpc) is 2.39. The quantitative estimate of drug-likeness (QED) is 0.812. The van der Waals surface area contributed by atoms with E-state index in [2.05, 4.69) is 29.4 Å². The molecule has 0 saturated heterocycles. The van der Waals surface area contributed by atoms with Gasteiger partial charge in [0.2, 0.25) is 0 Å². The van der Waals surface area contributed by atoms with Crippen molar-refractivity contribution in [2.24, 2.45) is 5.92 Å². The third-order valence-electron chi connectivity index (χ3n) is 3.47. The van der Waals surface area contributed by atoms with E-state index in [1.54, 1.807) is 0 Å². The Morgan fingerprint density at radius 1 is 1.29 bits per heavy atom. The maximum Gasteiger partial charge on any atom is 0.253 e. The van der Waals surface area contributed by atoms with Gasteiger partial charge in [-0.15, -0.1) is 0 Å². The van der Waals surface area contributed by atoms with Crippen LogP contribution in [0.4, 0.5) is 5.69 Å². The van der Waals surface area contributed by atoms with E-state index in [0.29, 0.717) is 5.92 Å². The van der Waals surface area contributed by atoms with Gasteiger partial charge < -0.3 is 15.5 Å². The third-order valence-corrected chi connectivity index (χ3v) is 3.47. The number of hydrogen-bond donors (Lipinski definition) is 2. The molecule has 118 valence electrons. The van der Waals surface area contributed by atoms with E-state index in [4.69, 9.17) is 0 Å². The van der Waals surface area contributed by atoms with Gasteiger partial charge in [-0.1, -0.05) is 25.5 Å². The van der Waals surface area contributed by atoms with Crippen LogP contribution >= 0.6 is 0 Å². The number of amides is 1. The first kappa shape index (κ1) is 17.5. The molecule has 1 aromatic rings. The smallest absolute Gasteiger partial charge is 0.253 e. The molecular formula is C17H29N3O. The largest absolute Gasteiger partial charge is 0.385 e. The summed E-state index contributed by atoms with van der Waals surface area (Å²) in [6, 6.07) is 6.08. The Balaban J connectivity index is 2.93. The zero-order chi connectivity index (χ0) is 16.0. The number of carbonyl (C=O) groups excluding carboxylic acids is 1. The van der Waals surface area contributed by atoms with Gasteiger partial charge in [0.25, 0.3) is 5.91 Å². The number of rotatable bonds is 7. The second kappa shape index (κ2) is 8.03. The summed E-state index contributed by atoms with van der Waals surface area (Å²) in [4.78, 5) is 14.7. The van der Waals surface area contributed by atoms with Crippen LogP contribution in [0.2, 0.25) is 0 Å². The summed E-state index contributed by atoms with van der Waals surface area (Å²) >= 11 is 0. The number of aryl methyl sites for hydroxylation is 1. The molecule has 0 spiro atoms. The fourth-order valence-corrected chi connectivity index (χ4v) is 2.25. The minimum atomic E-state index is -0.00444. The maximum atomic E-state index is 12.6. The monoisotopic (exact) mass is 291 g/mol. The van der Waals surface area contributed by atoms with Gasteiger partial charge >= 0.3 is 0 Å². The molecule has 0 heterocycles. The van der Waals surface area contributed by atoms with Gasteiger partial charge in [-0.3, -0.25) is 4.79 Å². The second-order valence-electron chi connectivity index (χ2n) is 6.17. The summed E-state index contributed by atoms with van der Waals surface area (Å²) in [7, 11) is 4.05. The lowest BCUT2D eigenvalue weighted by molar-refractivity contribution is 0.0917. The van der Waals surface area contributed by atoms with Crippen molar-refractivity contribution in [3.63, 3.8) is 0 Å². The van der Waals surface area contributed by atoms with E-state index in [9.17, 15) is 4.79 Å².